The summed E-state index contributed by atoms with van der Waals surface area (Å²) in [6.07, 6.45) is 1.50. The van der Waals surface area contributed by atoms with Gasteiger partial charge in [0.25, 0.3) is 0 Å². The van der Waals surface area contributed by atoms with Gasteiger partial charge in [0, 0.05) is 49.4 Å². The Morgan fingerprint density at radius 3 is 2.88 bits per heavy atom. The van der Waals surface area contributed by atoms with Crippen LogP contribution in [0, 0.1) is 5.41 Å². The van der Waals surface area contributed by atoms with Crippen molar-refractivity contribution in [1.82, 2.24) is 10.6 Å². The zero-order valence-electron chi connectivity index (χ0n) is 14.6. The highest BCUT2D eigenvalue weighted by Crippen LogP contribution is 2.31. The first-order chi connectivity index (χ1) is 12.5. The maximum Gasteiger partial charge on any atom is 0.387 e. The van der Waals surface area contributed by atoms with E-state index in [-0.39, 0.29) is 24.3 Å². The predicted octanol–water partition coefficient (Wildman–Crippen LogP) is 2.40. The molecule has 0 saturated carbocycles. The number of aliphatic hydroxyl groups is 1. The number of aliphatic hydroxyl groups excluding tert-OH is 1. The van der Waals surface area contributed by atoms with Crippen molar-refractivity contribution in [1.29, 1.82) is 0 Å². The molecule has 1 fully saturated rings. The average molecular weight is 392 g/mol. The number of guanidine groups is 1. The van der Waals surface area contributed by atoms with Gasteiger partial charge in [0.2, 0.25) is 0 Å². The Kier molecular flexibility index (Phi) is 7.86. The van der Waals surface area contributed by atoms with Crippen molar-refractivity contribution in [2.75, 3.05) is 33.4 Å². The topological polar surface area (TPSA) is 75.1 Å². The molecule has 1 aromatic rings. The van der Waals surface area contributed by atoms with E-state index in [2.05, 4.69) is 20.4 Å². The molecule has 9 heteroatoms. The SMILES string of the molecule is CN=C(NCc1cc(Cl)ccc1OC(F)F)NCC1(CCO)CCOC1. The minimum Gasteiger partial charge on any atom is -0.434 e. The third kappa shape index (κ3) is 5.96. The van der Waals surface area contributed by atoms with Crippen LogP contribution in [0.25, 0.3) is 0 Å². The van der Waals surface area contributed by atoms with E-state index < -0.39 is 6.61 Å². The van der Waals surface area contributed by atoms with E-state index in [0.717, 1.165) is 6.42 Å². The number of hydrogen-bond acceptors (Lipinski definition) is 4. The number of benzene rings is 1. The second-order valence-corrected chi connectivity index (χ2v) is 6.62. The Morgan fingerprint density at radius 1 is 1.46 bits per heavy atom. The molecule has 1 unspecified atom stereocenters. The zero-order valence-corrected chi connectivity index (χ0v) is 15.4. The van der Waals surface area contributed by atoms with Crippen molar-refractivity contribution in [3.8, 4) is 5.75 Å². The molecule has 1 aliphatic heterocycles. The first kappa shape index (κ1) is 20.7. The number of rotatable bonds is 8. The molecule has 146 valence electrons. The van der Waals surface area contributed by atoms with Crippen molar-refractivity contribution in [3.63, 3.8) is 0 Å². The van der Waals surface area contributed by atoms with Crippen LogP contribution >= 0.6 is 11.6 Å². The van der Waals surface area contributed by atoms with E-state index in [1.807, 2.05) is 0 Å². The van der Waals surface area contributed by atoms with Gasteiger partial charge >= 0.3 is 6.61 Å². The second-order valence-electron chi connectivity index (χ2n) is 6.19. The second kappa shape index (κ2) is 9.89. The van der Waals surface area contributed by atoms with Crippen LogP contribution in [0.15, 0.2) is 23.2 Å². The quantitative estimate of drug-likeness (QED) is 0.468. The number of halogens is 3. The molecular formula is C17H24ClF2N3O3. The van der Waals surface area contributed by atoms with Gasteiger partial charge in [0.1, 0.15) is 5.75 Å². The molecule has 0 spiro atoms. The van der Waals surface area contributed by atoms with E-state index in [0.29, 0.717) is 42.7 Å². The van der Waals surface area contributed by atoms with E-state index in [4.69, 9.17) is 16.3 Å². The molecule has 1 saturated heterocycles. The maximum atomic E-state index is 12.5. The van der Waals surface area contributed by atoms with Crippen LogP contribution in [0.3, 0.4) is 0 Å². The number of nitrogens with one attached hydrogen (secondary N) is 2. The molecule has 0 bridgehead atoms. The van der Waals surface area contributed by atoms with Crippen LogP contribution in [-0.4, -0.2) is 51.1 Å². The molecule has 2 rings (SSSR count). The Balaban J connectivity index is 1.95. The van der Waals surface area contributed by atoms with Crippen LogP contribution in [-0.2, 0) is 11.3 Å². The summed E-state index contributed by atoms with van der Waals surface area (Å²) in [6, 6.07) is 4.47. The van der Waals surface area contributed by atoms with Gasteiger partial charge in [-0.15, -0.1) is 0 Å². The predicted molar refractivity (Wildman–Crippen MR) is 95.9 cm³/mol. The van der Waals surface area contributed by atoms with Gasteiger partial charge in [-0.3, -0.25) is 4.99 Å². The van der Waals surface area contributed by atoms with E-state index in [1.54, 1.807) is 13.1 Å². The van der Waals surface area contributed by atoms with Gasteiger partial charge < -0.3 is 25.2 Å². The van der Waals surface area contributed by atoms with Crippen LogP contribution in [0.1, 0.15) is 18.4 Å². The first-order valence-electron chi connectivity index (χ1n) is 8.34. The molecule has 1 aliphatic rings. The van der Waals surface area contributed by atoms with Gasteiger partial charge in [-0.1, -0.05) is 11.6 Å². The molecular weight excluding hydrogens is 368 g/mol. The number of aliphatic imine (C=N–C) groups is 1. The smallest absolute Gasteiger partial charge is 0.387 e. The van der Waals surface area contributed by atoms with Gasteiger partial charge in [-0.05, 0) is 31.0 Å². The van der Waals surface area contributed by atoms with Gasteiger partial charge in [0.15, 0.2) is 5.96 Å². The lowest BCUT2D eigenvalue weighted by atomic mass is 9.84. The van der Waals surface area contributed by atoms with Crippen molar-refractivity contribution in [2.24, 2.45) is 10.4 Å². The normalized spacial score (nSPS) is 20.5. The average Bonchev–Trinajstić information content (AvgIpc) is 3.06. The van der Waals surface area contributed by atoms with Crippen LogP contribution in [0.2, 0.25) is 5.02 Å². The molecule has 0 amide bonds. The van der Waals surface area contributed by atoms with Crippen LogP contribution in [0.5, 0.6) is 5.75 Å². The van der Waals surface area contributed by atoms with E-state index in [9.17, 15) is 13.9 Å². The fourth-order valence-corrected chi connectivity index (χ4v) is 3.07. The van der Waals surface area contributed by atoms with Crippen LogP contribution in [0.4, 0.5) is 8.78 Å². The van der Waals surface area contributed by atoms with Gasteiger partial charge in [-0.25, -0.2) is 0 Å². The van der Waals surface area contributed by atoms with E-state index in [1.165, 1.54) is 12.1 Å². The Morgan fingerprint density at radius 2 is 2.27 bits per heavy atom. The molecule has 1 aromatic carbocycles. The highest BCUT2D eigenvalue weighted by atomic mass is 35.5. The highest BCUT2D eigenvalue weighted by molar-refractivity contribution is 6.30. The largest absolute Gasteiger partial charge is 0.434 e. The van der Waals surface area contributed by atoms with Crippen molar-refractivity contribution in [2.45, 2.75) is 26.0 Å². The summed E-state index contributed by atoms with van der Waals surface area (Å²) in [7, 11) is 1.62. The lowest BCUT2D eigenvalue weighted by molar-refractivity contribution is -0.0504. The maximum absolute atomic E-state index is 12.5. The summed E-state index contributed by atoms with van der Waals surface area (Å²) in [5.41, 5.74) is 0.363. The Labute approximate surface area is 156 Å². The highest BCUT2D eigenvalue weighted by Gasteiger charge is 2.34. The summed E-state index contributed by atoms with van der Waals surface area (Å²) < 4.78 is 35.0. The van der Waals surface area contributed by atoms with Gasteiger partial charge in [-0.2, -0.15) is 8.78 Å². The minimum absolute atomic E-state index is 0.0632. The summed E-state index contributed by atoms with van der Waals surface area (Å²) >= 11 is 5.95. The molecule has 1 atom stereocenters. The third-order valence-corrected chi connectivity index (χ3v) is 4.60. The van der Waals surface area contributed by atoms with Crippen molar-refractivity contribution < 1.29 is 23.4 Å². The minimum atomic E-state index is -2.91. The Bertz CT molecular complexity index is 611. The molecule has 1 heterocycles. The standard InChI is InChI=1S/C17H24ClF2N3O3/c1-21-16(23-10-17(4-6-24)5-7-25-11-17)22-9-12-8-13(18)2-3-14(12)26-15(19)20/h2-3,8,15,24H,4-7,9-11H2,1H3,(H2,21,22,23). The molecule has 0 aliphatic carbocycles. The molecule has 0 radical (unpaired) electrons. The summed E-state index contributed by atoms with van der Waals surface area (Å²) in [4.78, 5) is 4.14. The number of ether oxygens (including phenoxy) is 2. The molecule has 0 aromatic heterocycles. The van der Waals surface area contributed by atoms with Gasteiger partial charge in [0.05, 0.1) is 6.61 Å². The lowest BCUT2D eigenvalue weighted by Gasteiger charge is -2.27. The molecule has 6 nitrogen and oxygen atoms in total. The third-order valence-electron chi connectivity index (χ3n) is 4.37. The fraction of sp³-hybridized carbons (Fsp3) is 0.588. The summed E-state index contributed by atoms with van der Waals surface area (Å²) in [6.45, 7) is -0.765. The number of nitrogens with zero attached hydrogens (tertiary/aromatic N) is 1. The fourth-order valence-electron chi connectivity index (χ4n) is 2.88. The number of hydrogen-bond donors (Lipinski definition) is 3. The number of alkyl halides is 2. The lowest BCUT2D eigenvalue weighted by Crippen LogP contribution is -2.44. The summed E-state index contributed by atoms with van der Waals surface area (Å²) in [5.74, 6) is 0.575. The van der Waals surface area contributed by atoms with E-state index >= 15 is 0 Å². The monoisotopic (exact) mass is 391 g/mol. The first-order valence-corrected chi connectivity index (χ1v) is 8.72. The zero-order chi connectivity index (χ0) is 19.0. The van der Waals surface area contributed by atoms with Crippen molar-refractivity contribution >= 4 is 17.6 Å². The molecule has 3 N–H and O–H groups in total. The Hall–Kier alpha value is -1.64. The summed E-state index contributed by atoms with van der Waals surface area (Å²) in [5, 5.41) is 16.0. The van der Waals surface area contributed by atoms with Crippen LogP contribution < -0.4 is 15.4 Å². The molecule has 26 heavy (non-hydrogen) atoms. The van der Waals surface area contributed by atoms with Crippen molar-refractivity contribution in [3.05, 3.63) is 28.8 Å².